The summed E-state index contributed by atoms with van der Waals surface area (Å²) in [4.78, 5) is 22.0. The first-order valence-corrected chi connectivity index (χ1v) is 9.73. The second-order valence-electron chi connectivity index (χ2n) is 6.40. The van der Waals surface area contributed by atoms with Crippen molar-refractivity contribution in [3.05, 3.63) is 53.0 Å². The Morgan fingerprint density at radius 2 is 2.11 bits per heavy atom. The van der Waals surface area contributed by atoms with Gasteiger partial charge in [0, 0.05) is 26.2 Å². The maximum Gasteiger partial charge on any atom is 0.257 e. The molecular weight excluding hydrogens is 383 g/mol. The number of carbonyl (C=O) groups is 1. The van der Waals surface area contributed by atoms with Crippen molar-refractivity contribution in [2.45, 2.75) is 6.54 Å². The molecule has 1 fully saturated rings. The van der Waals surface area contributed by atoms with E-state index in [2.05, 4.69) is 15.0 Å². The molecule has 1 aromatic carbocycles. The lowest BCUT2D eigenvalue weighted by Gasteiger charge is -2.34. The molecule has 0 atom stereocenters. The zero-order valence-corrected chi connectivity index (χ0v) is 16.1. The molecule has 0 aliphatic carbocycles. The molecule has 0 spiro atoms. The Labute approximate surface area is 165 Å². The first kappa shape index (κ1) is 18.6. The van der Waals surface area contributed by atoms with Gasteiger partial charge in [0.25, 0.3) is 5.91 Å². The highest BCUT2D eigenvalue weighted by molar-refractivity contribution is 7.13. The van der Waals surface area contributed by atoms with E-state index in [1.165, 1.54) is 25.3 Å². The maximum atomic E-state index is 13.6. The van der Waals surface area contributed by atoms with Crippen LogP contribution < -0.4 is 4.74 Å². The maximum absolute atomic E-state index is 13.6. The molecule has 0 N–H and O–H groups in total. The van der Waals surface area contributed by atoms with E-state index in [9.17, 15) is 9.18 Å². The number of thiophene rings is 1. The summed E-state index contributed by atoms with van der Waals surface area (Å²) in [6, 6.07) is 7.87. The number of ether oxygens (including phenoxy) is 1. The minimum absolute atomic E-state index is 0.228. The molecule has 3 aromatic rings. The fourth-order valence-electron chi connectivity index (χ4n) is 3.14. The van der Waals surface area contributed by atoms with Gasteiger partial charge in [-0.25, -0.2) is 4.39 Å². The third-order valence-electron chi connectivity index (χ3n) is 4.62. The van der Waals surface area contributed by atoms with Gasteiger partial charge in [0.15, 0.2) is 0 Å². The highest BCUT2D eigenvalue weighted by Gasteiger charge is 2.25. The van der Waals surface area contributed by atoms with Gasteiger partial charge < -0.3 is 14.2 Å². The van der Waals surface area contributed by atoms with Crippen LogP contribution in [-0.4, -0.2) is 59.1 Å². The van der Waals surface area contributed by atoms with E-state index < -0.39 is 5.82 Å². The zero-order chi connectivity index (χ0) is 19.5. The van der Waals surface area contributed by atoms with Crippen molar-refractivity contribution in [3.8, 4) is 16.5 Å². The number of rotatable bonds is 5. The SMILES string of the molecule is COc1ccc(F)cc1C(=O)N1CCN(Cc2nc(-c3cccs3)no2)CC1. The van der Waals surface area contributed by atoms with Crippen LogP contribution in [0.5, 0.6) is 5.75 Å². The summed E-state index contributed by atoms with van der Waals surface area (Å²) in [5, 5.41) is 5.99. The van der Waals surface area contributed by atoms with E-state index in [1.54, 1.807) is 16.2 Å². The molecule has 28 heavy (non-hydrogen) atoms. The molecule has 2 aromatic heterocycles. The monoisotopic (exact) mass is 402 g/mol. The Morgan fingerprint density at radius 1 is 1.29 bits per heavy atom. The van der Waals surface area contributed by atoms with Gasteiger partial charge in [-0.1, -0.05) is 11.2 Å². The summed E-state index contributed by atoms with van der Waals surface area (Å²) in [7, 11) is 1.47. The minimum atomic E-state index is -0.458. The largest absolute Gasteiger partial charge is 0.496 e. The van der Waals surface area contributed by atoms with Crippen molar-refractivity contribution in [1.29, 1.82) is 0 Å². The molecule has 1 saturated heterocycles. The molecule has 0 bridgehead atoms. The summed E-state index contributed by atoms with van der Waals surface area (Å²) < 4.78 is 24.1. The molecular formula is C19H19FN4O3S. The number of hydrogen-bond donors (Lipinski definition) is 0. The molecule has 0 radical (unpaired) electrons. The Kier molecular flexibility index (Phi) is 5.36. The molecule has 7 nitrogen and oxygen atoms in total. The highest BCUT2D eigenvalue weighted by atomic mass is 32.1. The lowest BCUT2D eigenvalue weighted by atomic mass is 10.1. The average Bonchev–Trinajstić information content (AvgIpc) is 3.40. The van der Waals surface area contributed by atoms with E-state index in [0.717, 1.165) is 4.88 Å². The van der Waals surface area contributed by atoms with Crippen LogP contribution in [0, 0.1) is 5.82 Å². The molecule has 0 unspecified atom stereocenters. The second-order valence-corrected chi connectivity index (χ2v) is 7.35. The number of amides is 1. The molecule has 3 heterocycles. The zero-order valence-electron chi connectivity index (χ0n) is 15.3. The number of hydrogen-bond acceptors (Lipinski definition) is 7. The van der Waals surface area contributed by atoms with Gasteiger partial charge in [-0.2, -0.15) is 4.98 Å². The van der Waals surface area contributed by atoms with Gasteiger partial charge in [0.2, 0.25) is 11.7 Å². The van der Waals surface area contributed by atoms with E-state index >= 15 is 0 Å². The smallest absolute Gasteiger partial charge is 0.257 e. The molecule has 4 rings (SSSR count). The number of nitrogens with zero attached hydrogens (tertiary/aromatic N) is 4. The first-order valence-electron chi connectivity index (χ1n) is 8.85. The van der Waals surface area contributed by atoms with Crippen molar-refractivity contribution < 1.29 is 18.4 Å². The van der Waals surface area contributed by atoms with Crippen LogP contribution in [0.3, 0.4) is 0 Å². The van der Waals surface area contributed by atoms with Crippen molar-refractivity contribution in [2.24, 2.45) is 0 Å². The Balaban J connectivity index is 1.36. The van der Waals surface area contributed by atoms with Crippen molar-refractivity contribution >= 4 is 17.2 Å². The number of carbonyl (C=O) groups excluding carboxylic acids is 1. The van der Waals surface area contributed by atoms with Gasteiger partial charge in [-0.05, 0) is 29.6 Å². The van der Waals surface area contributed by atoms with Crippen LogP contribution in [0.2, 0.25) is 0 Å². The third kappa shape index (κ3) is 3.90. The minimum Gasteiger partial charge on any atom is -0.496 e. The van der Waals surface area contributed by atoms with E-state index in [4.69, 9.17) is 9.26 Å². The molecule has 1 aliphatic heterocycles. The summed E-state index contributed by atoms with van der Waals surface area (Å²) in [5.74, 6) is 0.835. The van der Waals surface area contributed by atoms with Crippen LogP contribution >= 0.6 is 11.3 Å². The molecule has 1 aliphatic rings. The van der Waals surface area contributed by atoms with Gasteiger partial charge >= 0.3 is 0 Å². The molecule has 146 valence electrons. The topological polar surface area (TPSA) is 71.7 Å². The quantitative estimate of drug-likeness (QED) is 0.654. The van der Waals surface area contributed by atoms with Gasteiger partial charge in [-0.15, -0.1) is 11.3 Å². The molecule has 1 amide bonds. The standard InChI is InChI=1S/C19H19FN4O3S/c1-26-15-5-4-13(20)11-14(15)19(25)24-8-6-23(7-9-24)12-17-21-18(22-27-17)16-3-2-10-28-16/h2-5,10-11H,6-9,12H2,1H3. The molecule has 9 heteroatoms. The third-order valence-corrected chi connectivity index (χ3v) is 5.49. The van der Waals surface area contributed by atoms with E-state index in [1.807, 2.05) is 17.5 Å². The van der Waals surface area contributed by atoms with Gasteiger partial charge in [-0.3, -0.25) is 9.69 Å². The normalized spacial score (nSPS) is 15.0. The lowest BCUT2D eigenvalue weighted by Crippen LogP contribution is -2.48. The molecule has 0 saturated carbocycles. The number of halogens is 1. The predicted molar refractivity (Wildman–Crippen MR) is 102 cm³/mol. The summed E-state index contributed by atoms with van der Waals surface area (Å²) in [6.45, 7) is 2.93. The number of methoxy groups -OCH3 is 1. The number of benzene rings is 1. The Hall–Kier alpha value is -2.78. The van der Waals surface area contributed by atoms with Crippen LogP contribution in [0.4, 0.5) is 4.39 Å². The number of piperazine rings is 1. The van der Waals surface area contributed by atoms with E-state index in [0.29, 0.717) is 50.2 Å². The fourth-order valence-corrected chi connectivity index (χ4v) is 3.79. The van der Waals surface area contributed by atoms with Crippen LogP contribution in [0.25, 0.3) is 10.7 Å². The van der Waals surface area contributed by atoms with Crippen LogP contribution in [-0.2, 0) is 6.54 Å². The van der Waals surface area contributed by atoms with Crippen molar-refractivity contribution in [3.63, 3.8) is 0 Å². The van der Waals surface area contributed by atoms with Crippen LogP contribution in [0.1, 0.15) is 16.2 Å². The van der Waals surface area contributed by atoms with E-state index in [-0.39, 0.29) is 11.5 Å². The predicted octanol–water partition coefficient (Wildman–Crippen LogP) is 2.90. The fraction of sp³-hybridized carbons (Fsp3) is 0.316. The van der Waals surface area contributed by atoms with Gasteiger partial charge in [0.05, 0.1) is 24.1 Å². The first-order chi connectivity index (χ1) is 13.6. The Bertz CT molecular complexity index is 952. The van der Waals surface area contributed by atoms with Crippen LogP contribution in [0.15, 0.2) is 40.2 Å². The van der Waals surface area contributed by atoms with Gasteiger partial charge in [0.1, 0.15) is 11.6 Å². The second kappa shape index (κ2) is 8.07. The van der Waals surface area contributed by atoms with Crippen molar-refractivity contribution in [1.82, 2.24) is 19.9 Å². The lowest BCUT2D eigenvalue weighted by molar-refractivity contribution is 0.0611. The van der Waals surface area contributed by atoms with Crippen molar-refractivity contribution in [2.75, 3.05) is 33.3 Å². The average molecular weight is 402 g/mol. The summed E-state index contributed by atoms with van der Waals surface area (Å²) in [5.41, 5.74) is 0.244. The summed E-state index contributed by atoms with van der Waals surface area (Å²) >= 11 is 1.56. The summed E-state index contributed by atoms with van der Waals surface area (Å²) in [6.07, 6.45) is 0. The Morgan fingerprint density at radius 3 is 2.82 bits per heavy atom. The highest BCUT2D eigenvalue weighted by Crippen LogP contribution is 2.23. The number of aromatic nitrogens is 2.